The van der Waals surface area contributed by atoms with Crippen LogP contribution in [0.25, 0.3) is 22.3 Å². The average molecular weight is 464 g/mol. The van der Waals surface area contributed by atoms with Gasteiger partial charge in [0.05, 0.1) is 24.4 Å². The van der Waals surface area contributed by atoms with Crippen LogP contribution in [-0.2, 0) is 0 Å². The highest BCUT2D eigenvalue weighted by atomic mass is 32.1. The molecule has 0 atom stereocenters. The van der Waals surface area contributed by atoms with Crippen LogP contribution < -0.4 is 24.3 Å². The van der Waals surface area contributed by atoms with Gasteiger partial charge in [-0.1, -0.05) is 23.5 Å². The first-order chi connectivity index (χ1) is 15.2. The molecular weight excluding hydrogens is 449 g/mol. The number of benzene rings is 2. The van der Waals surface area contributed by atoms with Gasteiger partial charge in [0.15, 0.2) is 16.5 Å². The third kappa shape index (κ3) is 4.19. The van der Waals surface area contributed by atoms with Gasteiger partial charge in [0.1, 0.15) is 5.75 Å². The van der Waals surface area contributed by atoms with Crippen LogP contribution in [0.2, 0.25) is 0 Å². The predicted molar refractivity (Wildman–Crippen MR) is 111 cm³/mol. The lowest BCUT2D eigenvalue weighted by atomic mass is 10.1. The Morgan fingerprint density at radius 2 is 1.81 bits per heavy atom. The summed E-state index contributed by atoms with van der Waals surface area (Å²) < 4.78 is 53.3. The molecule has 0 fully saturated rings. The molecule has 0 spiro atoms. The second-order valence-electron chi connectivity index (χ2n) is 6.54. The van der Waals surface area contributed by atoms with Crippen molar-refractivity contribution in [3.63, 3.8) is 0 Å². The van der Waals surface area contributed by atoms with Gasteiger partial charge in [-0.3, -0.25) is 9.20 Å². The maximum Gasteiger partial charge on any atom is 0.573 e. The molecule has 32 heavy (non-hydrogen) atoms. The van der Waals surface area contributed by atoms with E-state index in [1.165, 1.54) is 43.0 Å². The van der Waals surface area contributed by atoms with E-state index in [0.717, 1.165) is 11.3 Å². The quantitative estimate of drug-likeness (QED) is 0.486. The predicted octanol–water partition coefficient (Wildman–Crippen LogP) is 3.59. The molecule has 166 valence electrons. The number of aromatic hydroxyl groups is 1. The largest absolute Gasteiger partial charge is 0.573 e. The number of imidazole rings is 1. The highest BCUT2D eigenvalue weighted by Crippen LogP contribution is 2.37. The number of phenolic OH excluding ortho intramolecular Hbond substituents is 1. The van der Waals surface area contributed by atoms with Gasteiger partial charge in [-0.15, -0.1) is 13.2 Å². The smallest absolute Gasteiger partial charge is 0.502 e. The molecule has 0 radical (unpaired) electrons. The zero-order chi connectivity index (χ0) is 23.0. The molecule has 4 aromatic rings. The lowest BCUT2D eigenvalue weighted by Crippen LogP contribution is -2.22. The number of fused-ring (bicyclic) bond motifs is 1. The lowest BCUT2D eigenvalue weighted by molar-refractivity contribution is -0.274. The summed E-state index contributed by atoms with van der Waals surface area (Å²) in [5.41, 5.74) is 0.925. The minimum absolute atomic E-state index is 0.156. The second kappa shape index (κ2) is 8.08. The Hall–Kier alpha value is -3.73. The van der Waals surface area contributed by atoms with Crippen molar-refractivity contribution in [2.75, 3.05) is 14.2 Å². The molecule has 0 aliphatic carbocycles. The summed E-state index contributed by atoms with van der Waals surface area (Å²) in [6, 6.07) is 8.47. The first kappa shape index (κ1) is 21.5. The first-order valence-electron chi connectivity index (χ1n) is 9.03. The Kier molecular flexibility index (Phi) is 5.43. The van der Waals surface area contributed by atoms with Crippen molar-refractivity contribution in [1.29, 1.82) is 0 Å². The van der Waals surface area contributed by atoms with Crippen molar-refractivity contribution >= 4 is 22.4 Å². The number of alkyl halides is 3. The van der Waals surface area contributed by atoms with Crippen molar-refractivity contribution in [2.24, 2.45) is 0 Å². The van der Waals surface area contributed by atoms with Crippen LogP contribution in [0, 0.1) is 0 Å². The van der Waals surface area contributed by atoms with Gasteiger partial charge in [-0.2, -0.15) is 0 Å². The van der Waals surface area contributed by atoms with E-state index in [0.29, 0.717) is 26.3 Å². The molecule has 1 N–H and O–H groups in total. The van der Waals surface area contributed by atoms with E-state index in [1.54, 1.807) is 24.3 Å². The molecule has 2 aromatic heterocycles. The molecule has 2 aromatic carbocycles. The zero-order valence-electron chi connectivity index (χ0n) is 16.6. The van der Waals surface area contributed by atoms with Gasteiger partial charge in [-0.05, 0) is 35.9 Å². The molecule has 0 bridgehead atoms. The van der Waals surface area contributed by atoms with Crippen LogP contribution in [-0.4, -0.2) is 35.1 Å². The molecule has 0 aliphatic heterocycles. The van der Waals surface area contributed by atoms with Crippen molar-refractivity contribution in [3.05, 3.63) is 63.0 Å². The summed E-state index contributed by atoms with van der Waals surface area (Å²) >= 11 is 1.11. The van der Waals surface area contributed by atoms with E-state index >= 15 is 0 Å². The number of aromatic nitrogens is 2. The monoisotopic (exact) mass is 464 g/mol. The minimum atomic E-state index is -4.81. The van der Waals surface area contributed by atoms with Crippen molar-refractivity contribution in [3.8, 4) is 34.3 Å². The number of halogens is 3. The third-order valence-corrected chi connectivity index (χ3v) is 5.45. The van der Waals surface area contributed by atoms with Crippen LogP contribution in [0.3, 0.4) is 0 Å². The second-order valence-corrected chi connectivity index (χ2v) is 7.55. The Morgan fingerprint density at radius 1 is 1.12 bits per heavy atom. The minimum Gasteiger partial charge on any atom is -0.502 e. The van der Waals surface area contributed by atoms with E-state index in [2.05, 4.69) is 9.72 Å². The topological polar surface area (TPSA) is 82.3 Å². The Morgan fingerprint density at radius 3 is 2.41 bits per heavy atom. The molecular formula is C21H15F3N2O5S. The fraction of sp³-hybridized carbons (Fsp3) is 0.143. The highest BCUT2D eigenvalue weighted by Gasteiger charge is 2.31. The Bertz CT molecular complexity index is 1390. The van der Waals surface area contributed by atoms with E-state index in [4.69, 9.17) is 9.47 Å². The molecule has 0 saturated carbocycles. The lowest BCUT2D eigenvalue weighted by Gasteiger charge is -2.09. The van der Waals surface area contributed by atoms with Crippen molar-refractivity contribution in [1.82, 2.24) is 9.38 Å². The SMILES string of the molecule is COc1cc(/C=c2\sc3nc(-c4cccc(OC(F)(F)F)c4)cn3c2=O)cc(OC)c1O. The number of methoxy groups -OCH3 is 2. The number of nitrogens with zero attached hydrogens (tertiary/aromatic N) is 2. The first-order valence-corrected chi connectivity index (χ1v) is 9.85. The molecule has 0 unspecified atom stereocenters. The van der Waals surface area contributed by atoms with Gasteiger partial charge in [-0.25, -0.2) is 4.98 Å². The summed E-state index contributed by atoms with van der Waals surface area (Å²) in [7, 11) is 2.79. The normalized spacial score (nSPS) is 12.3. The molecule has 0 saturated heterocycles. The van der Waals surface area contributed by atoms with E-state index in [1.807, 2.05) is 0 Å². The van der Waals surface area contributed by atoms with E-state index in [-0.39, 0.29) is 28.6 Å². The summed E-state index contributed by atoms with van der Waals surface area (Å²) in [5, 5.41) is 10.0. The van der Waals surface area contributed by atoms with Gasteiger partial charge in [0, 0.05) is 11.8 Å². The van der Waals surface area contributed by atoms with E-state index < -0.39 is 6.36 Å². The summed E-state index contributed by atoms with van der Waals surface area (Å²) in [6.07, 6.45) is -1.75. The molecule has 2 heterocycles. The van der Waals surface area contributed by atoms with Gasteiger partial charge < -0.3 is 19.3 Å². The van der Waals surface area contributed by atoms with Gasteiger partial charge in [0.2, 0.25) is 5.75 Å². The van der Waals surface area contributed by atoms with Gasteiger partial charge in [0.25, 0.3) is 5.56 Å². The summed E-state index contributed by atoms with van der Waals surface area (Å²) in [4.78, 5) is 17.6. The maximum absolute atomic E-state index is 12.8. The number of ether oxygens (including phenoxy) is 3. The fourth-order valence-corrected chi connectivity index (χ4v) is 4.03. The maximum atomic E-state index is 12.8. The standard InChI is InChI=1S/C21H15F3N2O5S/c1-29-15-6-11(7-16(30-2)18(15)27)8-17-19(28)26-10-14(25-20(26)32-17)12-4-3-5-13(9-12)31-21(22,23)24/h3-10,27H,1-2H3/b17-8-. The molecule has 11 heteroatoms. The number of rotatable bonds is 5. The number of hydrogen-bond acceptors (Lipinski definition) is 7. The summed E-state index contributed by atoms with van der Waals surface area (Å²) in [5.74, 6) is -0.157. The van der Waals surface area contributed by atoms with Crippen LogP contribution in [0.5, 0.6) is 23.0 Å². The molecule has 0 aliphatic rings. The number of thiazole rings is 1. The number of hydrogen-bond donors (Lipinski definition) is 1. The Balaban J connectivity index is 1.74. The van der Waals surface area contributed by atoms with Gasteiger partial charge >= 0.3 is 6.36 Å². The highest BCUT2D eigenvalue weighted by molar-refractivity contribution is 7.15. The molecule has 7 nitrogen and oxygen atoms in total. The average Bonchev–Trinajstić information content (AvgIpc) is 3.27. The van der Waals surface area contributed by atoms with Crippen LogP contribution in [0.1, 0.15) is 5.56 Å². The Labute approximate surface area is 182 Å². The zero-order valence-corrected chi connectivity index (χ0v) is 17.5. The van der Waals surface area contributed by atoms with E-state index in [9.17, 15) is 23.1 Å². The van der Waals surface area contributed by atoms with Crippen LogP contribution in [0.4, 0.5) is 13.2 Å². The molecule has 0 amide bonds. The van der Waals surface area contributed by atoms with Crippen LogP contribution in [0.15, 0.2) is 47.4 Å². The van der Waals surface area contributed by atoms with Crippen molar-refractivity contribution < 1.29 is 32.5 Å². The van der Waals surface area contributed by atoms with Crippen molar-refractivity contribution in [2.45, 2.75) is 6.36 Å². The number of phenols is 1. The third-order valence-electron chi connectivity index (χ3n) is 4.47. The fourth-order valence-electron chi connectivity index (χ4n) is 3.07. The molecule has 4 rings (SSSR count). The van der Waals surface area contributed by atoms with Crippen LogP contribution >= 0.6 is 11.3 Å². The summed E-state index contributed by atoms with van der Waals surface area (Å²) in [6.45, 7) is 0.